The maximum absolute atomic E-state index is 12.9. The lowest BCUT2D eigenvalue weighted by Crippen LogP contribution is -2.38. The predicted octanol–water partition coefficient (Wildman–Crippen LogP) is 2.21. The van der Waals surface area contributed by atoms with Crippen LogP contribution in [0.3, 0.4) is 0 Å². The van der Waals surface area contributed by atoms with Crippen LogP contribution in [0.4, 0.5) is 4.39 Å². The largest absolute Gasteiger partial charge is 0.467 e. The third kappa shape index (κ3) is 3.87. The van der Waals surface area contributed by atoms with Gasteiger partial charge in [0.25, 0.3) is 5.91 Å². The molecule has 7 heteroatoms. The summed E-state index contributed by atoms with van der Waals surface area (Å²) in [5.74, 6) is -0.200. The highest BCUT2D eigenvalue weighted by Gasteiger charge is 2.24. The summed E-state index contributed by atoms with van der Waals surface area (Å²) in [6.45, 7) is 0.463. The third-order valence-corrected chi connectivity index (χ3v) is 3.62. The molecule has 124 valence electrons. The Labute approximate surface area is 137 Å². The summed E-state index contributed by atoms with van der Waals surface area (Å²) < 4.78 is 18.1. The van der Waals surface area contributed by atoms with Crippen molar-refractivity contribution in [3.8, 4) is 0 Å². The Morgan fingerprint density at radius 1 is 1.25 bits per heavy atom. The maximum atomic E-state index is 12.9. The summed E-state index contributed by atoms with van der Waals surface area (Å²) in [5, 5.41) is 8.10. The van der Waals surface area contributed by atoms with Crippen LogP contribution in [0, 0.1) is 5.82 Å². The van der Waals surface area contributed by atoms with Crippen LogP contribution < -0.4 is 5.32 Å². The van der Waals surface area contributed by atoms with Crippen molar-refractivity contribution >= 4 is 17.5 Å². The van der Waals surface area contributed by atoms with E-state index in [-0.39, 0.29) is 37.1 Å². The number of hydrazone groups is 1. The summed E-state index contributed by atoms with van der Waals surface area (Å²) in [4.78, 5) is 24.1. The Balaban J connectivity index is 1.65. The third-order valence-electron chi connectivity index (χ3n) is 3.62. The molecule has 1 aromatic heterocycles. The summed E-state index contributed by atoms with van der Waals surface area (Å²) >= 11 is 0. The molecule has 0 unspecified atom stereocenters. The van der Waals surface area contributed by atoms with Crippen molar-refractivity contribution in [3.63, 3.8) is 0 Å². The summed E-state index contributed by atoms with van der Waals surface area (Å²) in [6.07, 6.45) is 2.04. The molecule has 0 bridgehead atoms. The number of hydrogen-bond donors (Lipinski definition) is 1. The first-order valence-corrected chi connectivity index (χ1v) is 7.54. The lowest BCUT2D eigenvalue weighted by molar-refractivity contribution is -0.132. The zero-order chi connectivity index (χ0) is 16.9. The van der Waals surface area contributed by atoms with Gasteiger partial charge in [-0.25, -0.2) is 9.40 Å². The minimum Gasteiger partial charge on any atom is -0.467 e. The van der Waals surface area contributed by atoms with E-state index in [0.717, 1.165) is 5.56 Å². The van der Waals surface area contributed by atoms with Crippen LogP contribution in [0.1, 0.15) is 24.2 Å². The molecule has 2 heterocycles. The monoisotopic (exact) mass is 329 g/mol. The Bertz CT molecular complexity index is 754. The van der Waals surface area contributed by atoms with E-state index in [1.54, 1.807) is 24.3 Å². The molecule has 0 saturated carbocycles. The number of carbonyl (C=O) groups excluding carboxylic acids is 2. The standard InChI is InChI=1S/C17H16FN3O3/c18-13-5-3-12(4-6-13)11-21-16(22)8-7-15(20-21)17(23)19-10-14-2-1-9-24-14/h1-6,9H,7-8,10-11H2,(H,19,23). The second kappa shape index (κ2) is 7.08. The SMILES string of the molecule is O=C(NCc1ccco1)C1=NN(Cc2ccc(F)cc2)C(=O)CC1. The van der Waals surface area contributed by atoms with Gasteiger partial charge in [0.1, 0.15) is 17.3 Å². The van der Waals surface area contributed by atoms with Gasteiger partial charge in [-0.05, 0) is 29.8 Å². The zero-order valence-corrected chi connectivity index (χ0v) is 12.9. The van der Waals surface area contributed by atoms with Gasteiger partial charge in [-0.3, -0.25) is 9.59 Å². The van der Waals surface area contributed by atoms with Crippen molar-refractivity contribution in [1.82, 2.24) is 10.3 Å². The average Bonchev–Trinajstić information content (AvgIpc) is 3.10. The van der Waals surface area contributed by atoms with Crippen molar-refractivity contribution in [3.05, 3.63) is 59.8 Å². The smallest absolute Gasteiger partial charge is 0.267 e. The molecule has 0 fully saturated rings. The van der Waals surface area contributed by atoms with Crippen LogP contribution in [-0.2, 0) is 22.7 Å². The number of furan rings is 1. The highest BCUT2D eigenvalue weighted by atomic mass is 19.1. The van der Waals surface area contributed by atoms with E-state index in [9.17, 15) is 14.0 Å². The van der Waals surface area contributed by atoms with Gasteiger partial charge in [-0.1, -0.05) is 12.1 Å². The Morgan fingerprint density at radius 3 is 2.75 bits per heavy atom. The molecule has 0 atom stereocenters. The van der Waals surface area contributed by atoms with Crippen LogP contribution in [0.25, 0.3) is 0 Å². The molecule has 0 spiro atoms. The molecule has 1 aliphatic rings. The van der Waals surface area contributed by atoms with Gasteiger partial charge >= 0.3 is 0 Å². The van der Waals surface area contributed by atoms with Crippen LogP contribution in [0.5, 0.6) is 0 Å². The molecule has 0 radical (unpaired) electrons. The Hall–Kier alpha value is -2.96. The Kier molecular flexibility index (Phi) is 4.69. The molecule has 0 saturated heterocycles. The van der Waals surface area contributed by atoms with Gasteiger partial charge in [-0.15, -0.1) is 0 Å². The van der Waals surface area contributed by atoms with Gasteiger partial charge < -0.3 is 9.73 Å². The molecule has 0 aliphatic carbocycles. The molecule has 2 amide bonds. The van der Waals surface area contributed by atoms with Gasteiger partial charge in [0.15, 0.2) is 0 Å². The second-order valence-electron chi connectivity index (χ2n) is 5.39. The first-order chi connectivity index (χ1) is 11.6. The van der Waals surface area contributed by atoms with Crippen LogP contribution >= 0.6 is 0 Å². The van der Waals surface area contributed by atoms with Gasteiger partial charge in [-0.2, -0.15) is 5.10 Å². The molecule has 1 N–H and O–H groups in total. The molecular weight excluding hydrogens is 313 g/mol. The molecule has 6 nitrogen and oxygen atoms in total. The van der Waals surface area contributed by atoms with Crippen molar-refractivity contribution in [2.45, 2.75) is 25.9 Å². The number of rotatable bonds is 5. The normalized spacial score (nSPS) is 14.5. The zero-order valence-electron chi connectivity index (χ0n) is 12.9. The fraction of sp³-hybridized carbons (Fsp3) is 0.235. The fourth-order valence-electron chi connectivity index (χ4n) is 2.33. The molecule has 3 rings (SSSR count). The van der Waals surface area contributed by atoms with E-state index in [0.29, 0.717) is 17.9 Å². The van der Waals surface area contributed by atoms with E-state index in [2.05, 4.69) is 10.4 Å². The topological polar surface area (TPSA) is 74.9 Å². The first-order valence-electron chi connectivity index (χ1n) is 7.54. The molecule has 24 heavy (non-hydrogen) atoms. The predicted molar refractivity (Wildman–Crippen MR) is 84.2 cm³/mol. The van der Waals surface area contributed by atoms with Gasteiger partial charge in [0.05, 0.1) is 19.4 Å². The lowest BCUT2D eigenvalue weighted by Gasteiger charge is -2.23. The molecule has 1 aliphatic heterocycles. The Morgan fingerprint density at radius 2 is 2.04 bits per heavy atom. The van der Waals surface area contributed by atoms with Crippen molar-refractivity contribution in [1.29, 1.82) is 0 Å². The highest BCUT2D eigenvalue weighted by molar-refractivity contribution is 6.39. The van der Waals surface area contributed by atoms with E-state index >= 15 is 0 Å². The van der Waals surface area contributed by atoms with Crippen molar-refractivity contribution in [2.75, 3.05) is 0 Å². The number of benzene rings is 1. The average molecular weight is 329 g/mol. The summed E-state index contributed by atoms with van der Waals surface area (Å²) in [7, 11) is 0. The highest BCUT2D eigenvalue weighted by Crippen LogP contribution is 2.14. The molecule has 1 aromatic carbocycles. The number of carbonyl (C=O) groups is 2. The number of hydrogen-bond acceptors (Lipinski definition) is 4. The van der Waals surface area contributed by atoms with E-state index in [1.807, 2.05) is 0 Å². The number of nitrogens with zero attached hydrogens (tertiary/aromatic N) is 2. The number of nitrogens with one attached hydrogen (secondary N) is 1. The van der Waals surface area contributed by atoms with Crippen LogP contribution in [0.2, 0.25) is 0 Å². The van der Waals surface area contributed by atoms with Crippen LogP contribution in [-0.4, -0.2) is 22.5 Å². The van der Waals surface area contributed by atoms with E-state index in [4.69, 9.17) is 4.42 Å². The van der Waals surface area contributed by atoms with E-state index in [1.165, 1.54) is 23.4 Å². The summed E-state index contributed by atoms with van der Waals surface area (Å²) in [6, 6.07) is 9.32. The van der Waals surface area contributed by atoms with Gasteiger partial charge in [0.2, 0.25) is 5.91 Å². The number of amides is 2. The van der Waals surface area contributed by atoms with Gasteiger partial charge in [0, 0.05) is 12.8 Å². The van der Waals surface area contributed by atoms with E-state index < -0.39 is 0 Å². The fourth-order valence-corrected chi connectivity index (χ4v) is 2.33. The maximum Gasteiger partial charge on any atom is 0.267 e. The van der Waals surface area contributed by atoms with Crippen molar-refractivity contribution in [2.24, 2.45) is 5.10 Å². The molecule has 2 aromatic rings. The minimum absolute atomic E-state index is 0.165. The van der Waals surface area contributed by atoms with Crippen molar-refractivity contribution < 1.29 is 18.4 Å². The minimum atomic E-state index is -0.342. The second-order valence-corrected chi connectivity index (χ2v) is 5.39. The summed E-state index contributed by atoms with van der Waals surface area (Å²) in [5.41, 5.74) is 1.04. The molecular formula is C17H16FN3O3. The number of halogens is 1. The lowest BCUT2D eigenvalue weighted by atomic mass is 10.1. The first kappa shape index (κ1) is 15.9. The quantitative estimate of drug-likeness (QED) is 0.914. The van der Waals surface area contributed by atoms with Crippen LogP contribution in [0.15, 0.2) is 52.2 Å².